The summed E-state index contributed by atoms with van der Waals surface area (Å²) in [5.74, 6) is -8.73. The van der Waals surface area contributed by atoms with Gasteiger partial charge < -0.3 is 63.0 Å². The standard InChI is InChI=1S/C33H44N6O13/c1-16(41)26(34)31(49)36-21(12-18-6-4-3-5-7-18)29(47)39-27(17(2)42)32(50)38-24(15-40)30(48)35-22(14-25(44)45)28(46)37-23(33(51)52)13-19-8-10-20(43)11-9-19/h3-11,16-17,21-24,26-27,40-43H,12-15,34H2,1-2H3,(H,35,48)(H,36,49)(H,37,46)(H,38,50)(H,39,47)(H,44,45)(H,51,52)/t16-,17-,21+,22+,23+,24+,26+,27+/m1/s1. The Hall–Kier alpha value is -5.63. The van der Waals surface area contributed by atoms with Gasteiger partial charge in [0.2, 0.25) is 29.5 Å². The predicted molar refractivity (Wildman–Crippen MR) is 180 cm³/mol. The Balaban J connectivity index is 2.20. The van der Waals surface area contributed by atoms with Crippen LogP contribution in [0.1, 0.15) is 31.4 Å². The first-order valence-corrected chi connectivity index (χ1v) is 15.9. The molecule has 284 valence electrons. The Morgan fingerprint density at radius 2 is 1.10 bits per heavy atom. The number of carboxylic acids is 2. The van der Waals surface area contributed by atoms with Gasteiger partial charge in [-0.15, -0.1) is 0 Å². The zero-order valence-corrected chi connectivity index (χ0v) is 28.3. The molecular formula is C33H44N6O13. The molecule has 8 atom stereocenters. The molecule has 0 heterocycles. The number of phenols is 1. The lowest BCUT2D eigenvalue weighted by molar-refractivity contribution is -0.143. The summed E-state index contributed by atoms with van der Waals surface area (Å²) in [6.45, 7) is 1.28. The van der Waals surface area contributed by atoms with Crippen LogP contribution in [0.5, 0.6) is 5.75 Å². The predicted octanol–water partition coefficient (Wildman–Crippen LogP) is -3.76. The molecule has 13 N–H and O–H groups in total. The number of aliphatic hydroxyl groups excluding tert-OH is 3. The van der Waals surface area contributed by atoms with Gasteiger partial charge in [-0.2, -0.15) is 0 Å². The molecule has 0 saturated carbocycles. The summed E-state index contributed by atoms with van der Waals surface area (Å²) in [6.07, 6.45) is -4.31. The average molecular weight is 733 g/mol. The molecule has 5 amide bonds. The van der Waals surface area contributed by atoms with Crippen LogP contribution in [0, 0.1) is 0 Å². The van der Waals surface area contributed by atoms with E-state index in [9.17, 15) is 64.2 Å². The molecule has 2 aromatic rings. The lowest BCUT2D eigenvalue weighted by Gasteiger charge is -2.27. The molecule has 0 spiro atoms. The van der Waals surface area contributed by atoms with Gasteiger partial charge in [0.05, 0.1) is 25.2 Å². The minimum absolute atomic E-state index is 0.0912. The molecule has 2 aromatic carbocycles. The van der Waals surface area contributed by atoms with E-state index in [0.717, 1.165) is 6.92 Å². The quantitative estimate of drug-likeness (QED) is 0.0622. The Morgan fingerprint density at radius 1 is 0.615 bits per heavy atom. The molecule has 0 unspecified atom stereocenters. The number of nitrogens with two attached hydrogens (primary N) is 1. The molecular weight excluding hydrogens is 688 g/mol. The second-order valence-corrected chi connectivity index (χ2v) is 11.9. The van der Waals surface area contributed by atoms with Crippen molar-refractivity contribution in [3.63, 3.8) is 0 Å². The van der Waals surface area contributed by atoms with Gasteiger partial charge in [0.25, 0.3) is 0 Å². The topological polar surface area (TPSA) is 327 Å². The van der Waals surface area contributed by atoms with Crippen LogP contribution in [0.3, 0.4) is 0 Å². The fraction of sp³-hybridized carbons (Fsp3) is 0.424. The molecule has 19 nitrogen and oxygen atoms in total. The first-order chi connectivity index (χ1) is 24.4. The number of benzene rings is 2. The minimum atomic E-state index is -1.89. The zero-order valence-electron chi connectivity index (χ0n) is 28.3. The summed E-state index contributed by atoms with van der Waals surface area (Å²) >= 11 is 0. The monoisotopic (exact) mass is 732 g/mol. The van der Waals surface area contributed by atoms with E-state index in [1.807, 2.05) is 0 Å². The number of aliphatic carboxylic acids is 2. The lowest BCUT2D eigenvalue weighted by Crippen LogP contribution is -2.62. The molecule has 2 rings (SSSR count). The van der Waals surface area contributed by atoms with Crippen molar-refractivity contribution in [3.8, 4) is 5.75 Å². The summed E-state index contributed by atoms with van der Waals surface area (Å²) in [7, 11) is 0. The number of phenolic OH excluding ortho intramolecular Hbond substituents is 1. The molecule has 0 aromatic heterocycles. The van der Waals surface area contributed by atoms with Crippen molar-refractivity contribution in [1.29, 1.82) is 0 Å². The maximum atomic E-state index is 13.4. The third kappa shape index (κ3) is 13.6. The van der Waals surface area contributed by atoms with E-state index in [1.54, 1.807) is 30.3 Å². The van der Waals surface area contributed by atoms with Crippen LogP contribution >= 0.6 is 0 Å². The van der Waals surface area contributed by atoms with Crippen LogP contribution in [-0.4, -0.2) is 127 Å². The van der Waals surface area contributed by atoms with E-state index >= 15 is 0 Å². The number of nitrogens with one attached hydrogen (secondary N) is 5. The smallest absolute Gasteiger partial charge is 0.326 e. The third-order valence-corrected chi connectivity index (χ3v) is 7.62. The normalized spacial score (nSPS) is 15.6. The largest absolute Gasteiger partial charge is 0.508 e. The number of carboxylic acid groups (broad SMARTS) is 2. The molecule has 0 aliphatic carbocycles. The molecule has 0 bridgehead atoms. The van der Waals surface area contributed by atoms with E-state index in [-0.39, 0.29) is 18.6 Å². The van der Waals surface area contributed by atoms with E-state index in [4.69, 9.17) is 5.73 Å². The zero-order chi connectivity index (χ0) is 39.1. The van der Waals surface area contributed by atoms with Gasteiger partial charge in [0, 0.05) is 12.8 Å². The Labute approximate surface area is 297 Å². The SMILES string of the molecule is C[C@@H](O)[C@H](N)C(=O)N[C@@H](Cc1ccccc1)C(=O)N[C@H](C(=O)N[C@@H](CO)C(=O)N[C@@H](CC(=O)O)C(=O)N[C@@H](Cc1ccc(O)cc1)C(=O)O)[C@@H](C)O. The van der Waals surface area contributed by atoms with E-state index in [0.29, 0.717) is 11.1 Å². The van der Waals surface area contributed by atoms with Crippen molar-refractivity contribution >= 4 is 41.5 Å². The van der Waals surface area contributed by atoms with E-state index in [2.05, 4.69) is 26.6 Å². The summed E-state index contributed by atoms with van der Waals surface area (Å²) in [5, 5.41) is 69.4. The van der Waals surface area contributed by atoms with E-state index < -0.39 is 103 Å². The molecule has 0 saturated heterocycles. The summed E-state index contributed by atoms with van der Waals surface area (Å²) < 4.78 is 0. The molecule has 0 aliphatic heterocycles. The Bertz CT molecular complexity index is 1560. The molecule has 52 heavy (non-hydrogen) atoms. The van der Waals surface area contributed by atoms with Gasteiger partial charge in [-0.05, 0) is 37.1 Å². The number of aromatic hydroxyl groups is 1. The lowest BCUT2D eigenvalue weighted by atomic mass is 10.0. The first kappa shape index (κ1) is 42.5. The Morgan fingerprint density at radius 3 is 1.62 bits per heavy atom. The number of aliphatic hydroxyl groups is 3. The van der Waals surface area contributed by atoms with Crippen LogP contribution in [-0.2, 0) is 46.4 Å². The first-order valence-electron chi connectivity index (χ1n) is 15.9. The second-order valence-electron chi connectivity index (χ2n) is 11.9. The highest BCUT2D eigenvalue weighted by Gasteiger charge is 2.35. The molecule has 19 heteroatoms. The number of amides is 5. The van der Waals surface area contributed by atoms with Crippen molar-refractivity contribution in [1.82, 2.24) is 26.6 Å². The van der Waals surface area contributed by atoms with Gasteiger partial charge in [0.15, 0.2) is 0 Å². The van der Waals surface area contributed by atoms with Crippen molar-refractivity contribution in [2.75, 3.05) is 6.61 Å². The van der Waals surface area contributed by atoms with Crippen LogP contribution < -0.4 is 32.3 Å². The van der Waals surface area contributed by atoms with E-state index in [1.165, 1.54) is 31.2 Å². The highest BCUT2D eigenvalue weighted by Crippen LogP contribution is 2.12. The number of carbonyl (C=O) groups excluding carboxylic acids is 5. The summed E-state index contributed by atoms with van der Waals surface area (Å²) in [6, 6.07) is 3.83. The third-order valence-electron chi connectivity index (χ3n) is 7.62. The number of hydrogen-bond donors (Lipinski definition) is 12. The maximum absolute atomic E-state index is 13.4. The number of rotatable bonds is 20. The van der Waals surface area contributed by atoms with Crippen molar-refractivity contribution in [3.05, 3.63) is 65.7 Å². The van der Waals surface area contributed by atoms with Crippen LogP contribution in [0.15, 0.2) is 54.6 Å². The maximum Gasteiger partial charge on any atom is 0.326 e. The molecule has 0 radical (unpaired) electrons. The van der Waals surface area contributed by atoms with Gasteiger partial charge in [-0.3, -0.25) is 28.8 Å². The van der Waals surface area contributed by atoms with Gasteiger partial charge >= 0.3 is 11.9 Å². The molecule has 0 aliphatic rings. The highest BCUT2D eigenvalue weighted by molar-refractivity contribution is 5.97. The van der Waals surface area contributed by atoms with Gasteiger partial charge in [-0.1, -0.05) is 42.5 Å². The number of hydrogen-bond acceptors (Lipinski definition) is 12. The van der Waals surface area contributed by atoms with Crippen LogP contribution in [0.2, 0.25) is 0 Å². The van der Waals surface area contributed by atoms with Crippen molar-refractivity contribution in [2.24, 2.45) is 5.73 Å². The van der Waals surface area contributed by atoms with Crippen molar-refractivity contribution < 1.29 is 64.2 Å². The van der Waals surface area contributed by atoms with Gasteiger partial charge in [-0.25, -0.2) is 4.79 Å². The Kier molecular flexibility index (Phi) is 16.6. The minimum Gasteiger partial charge on any atom is -0.508 e. The highest BCUT2D eigenvalue weighted by atomic mass is 16.4. The summed E-state index contributed by atoms with van der Waals surface area (Å²) in [5.41, 5.74) is 6.67. The van der Waals surface area contributed by atoms with Crippen LogP contribution in [0.4, 0.5) is 0 Å². The number of carbonyl (C=O) groups is 7. The fourth-order valence-electron chi connectivity index (χ4n) is 4.66. The summed E-state index contributed by atoms with van der Waals surface area (Å²) in [4.78, 5) is 88.7. The molecule has 0 fully saturated rings. The van der Waals surface area contributed by atoms with Gasteiger partial charge in [0.1, 0.15) is 42.0 Å². The second kappa shape index (κ2) is 20.3. The van der Waals surface area contributed by atoms with Crippen molar-refractivity contribution in [2.45, 2.75) is 81.6 Å². The average Bonchev–Trinajstić information content (AvgIpc) is 3.08. The van der Waals surface area contributed by atoms with Crippen LogP contribution in [0.25, 0.3) is 0 Å². The fourth-order valence-corrected chi connectivity index (χ4v) is 4.66.